The Morgan fingerprint density at radius 3 is 2.16 bits per heavy atom. The summed E-state index contributed by atoms with van der Waals surface area (Å²) >= 11 is 0. The second kappa shape index (κ2) is 9.52. The first kappa shape index (κ1) is 16.7. The molecule has 19 heavy (non-hydrogen) atoms. The predicted octanol–water partition coefficient (Wildman–Crippen LogP) is 4.48. The highest BCUT2D eigenvalue weighted by molar-refractivity contribution is 5.85. The van der Waals surface area contributed by atoms with E-state index < -0.39 is 0 Å². The Bertz CT molecular complexity index is 244. The van der Waals surface area contributed by atoms with Crippen molar-refractivity contribution in [3.8, 4) is 0 Å². The van der Waals surface area contributed by atoms with Crippen LogP contribution in [0, 0.1) is 5.41 Å². The molecule has 2 nitrogen and oxygen atoms in total. The van der Waals surface area contributed by atoms with E-state index in [9.17, 15) is 4.79 Å². The molecule has 2 heteroatoms. The van der Waals surface area contributed by atoms with E-state index in [-0.39, 0.29) is 5.41 Å². The average Bonchev–Trinajstić information content (AvgIpc) is 2.91. The van der Waals surface area contributed by atoms with Crippen LogP contribution in [0.1, 0.15) is 84.5 Å². The third-order valence-corrected chi connectivity index (χ3v) is 4.77. The second-order valence-corrected chi connectivity index (χ2v) is 6.21. The normalized spacial score (nSPS) is 22.8. The Labute approximate surface area is 119 Å². The van der Waals surface area contributed by atoms with Gasteiger partial charge in [-0.05, 0) is 25.8 Å². The molecule has 0 amide bonds. The van der Waals surface area contributed by atoms with E-state index in [1.807, 2.05) is 0 Å². The molecule has 1 atom stereocenters. The van der Waals surface area contributed by atoms with Gasteiger partial charge in [-0.3, -0.25) is 4.79 Å². The highest BCUT2D eigenvalue weighted by Gasteiger charge is 2.38. The summed E-state index contributed by atoms with van der Waals surface area (Å²) in [4.78, 5) is 12.3. The van der Waals surface area contributed by atoms with E-state index in [0.717, 1.165) is 38.8 Å². The van der Waals surface area contributed by atoms with Crippen molar-refractivity contribution in [2.24, 2.45) is 5.41 Å². The number of unbranched alkanes of at least 4 members (excludes halogenated alkanes) is 7. The quantitative estimate of drug-likeness (QED) is 0.559. The summed E-state index contributed by atoms with van der Waals surface area (Å²) in [6, 6.07) is 0. The standard InChI is InChI=1S/C17H33NO/c1-3-5-6-7-8-9-10-11-12-16(19)17(4-2)13-14-18-15-17/h18H,3-15H2,1-2H3. The fraction of sp³-hybridized carbons (Fsp3) is 0.941. The van der Waals surface area contributed by atoms with Crippen molar-refractivity contribution in [2.75, 3.05) is 13.1 Å². The van der Waals surface area contributed by atoms with E-state index >= 15 is 0 Å². The minimum absolute atomic E-state index is 0.0128. The molecule has 112 valence electrons. The number of hydrogen-bond acceptors (Lipinski definition) is 2. The lowest BCUT2D eigenvalue weighted by molar-refractivity contribution is -0.128. The third-order valence-electron chi connectivity index (χ3n) is 4.77. The van der Waals surface area contributed by atoms with Crippen LogP contribution in [-0.2, 0) is 4.79 Å². The molecular formula is C17H33NO. The minimum Gasteiger partial charge on any atom is -0.316 e. The van der Waals surface area contributed by atoms with Gasteiger partial charge in [-0.2, -0.15) is 0 Å². The van der Waals surface area contributed by atoms with Gasteiger partial charge in [0.15, 0.2) is 0 Å². The number of Topliss-reactive ketones (excluding diaryl/α,β-unsaturated/α-hetero) is 1. The topological polar surface area (TPSA) is 29.1 Å². The summed E-state index contributed by atoms with van der Waals surface area (Å²) in [5.74, 6) is 0.519. The van der Waals surface area contributed by atoms with Gasteiger partial charge >= 0.3 is 0 Å². The molecule has 0 aromatic carbocycles. The van der Waals surface area contributed by atoms with Crippen LogP contribution >= 0.6 is 0 Å². The van der Waals surface area contributed by atoms with E-state index in [1.165, 1.54) is 44.9 Å². The SMILES string of the molecule is CCCCCCCCCCC(=O)C1(CC)CCNC1. The predicted molar refractivity (Wildman–Crippen MR) is 82.4 cm³/mol. The summed E-state index contributed by atoms with van der Waals surface area (Å²) in [5.41, 5.74) is -0.0128. The van der Waals surface area contributed by atoms with E-state index in [1.54, 1.807) is 0 Å². The summed E-state index contributed by atoms with van der Waals surface area (Å²) < 4.78 is 0. The zero-order valence-corrected chi connectivity index (χ0v) is 13.1. The van der Waals surface area contributed by atoms with Crippen LogP contribution in [0.25, 0.3) is 0 Å². The van der Waals surface area contributed by atoms with Gasteiger partial charge in [-0.15, -0.1) is 0 Å². The van der Waals surface area contributed by atoms with Crippen LogP contribution < -0.4 is 5.32 Å². The zero-order chi connectivity index (χ0) is 14.0. The average molecular weight is 267 g/mol. The third kappa shape index (κ3) is 5.64. The molecule has 1 aliphatic heterocycles. The molecule has 1 heterocycles. The van der Waals surface area contributed by atoms with Crippen LogP contribution in [0.2, 0.25) is 0 Å². The number of nitrogens with one attached hydrogen (secondary N) is 1. The lowest BCUT2D eigenvalue weighted by atomic mass is 9.78. The van der Waals surface area contributed by atoms with Gasteiger partial charge < -0.3 is 5.32 Å². The fourth-order valence-corrected chi connectivity index (χ4v) is 3.17. The number of hydrogen-bond donors (Lipinski definition) is 1. The van der Waals surface area contributed by atoms with E-state index in [4.69, 9.17) is 0 Å². The summed E-state index contributed by atoms with van der Waals surface area (Å²) in [5, 5.41) is 3.35. The van der Waals surface area contributed by atoms with Crippen LogP contribution in [0.5, 0.6) is 0 Å². The van der Waals surface area contributed by atoms with Crippen molar-refractivity contribution < 1.29 is 4.79 Å². The van der Waals surface area contributed by atoms with Crippen molar-refractivity contribution in [3.63, 3.8) is 0 Å². The Morgan fingerprint density at radius 2 is 1.63 bits per heavy atom. The highest BCUT2D eigenvalue weighted by Crippen LogP contribution is 2.32. The number of rotatable bonds is 11. The smallest absolute Gasteiger partial charge is 0.140 e. The van der Waals surface area contributed by atoms with Crippen LogP contribution in [0.3, 0.4) is 0 Å². The molecule has 1 N–H and O–H groups in total. The maximum atomic E-state index is 12.3. The van der Waals surface area contributed by atoms with Gasteiger partial charge in [0.25, 0.3) is 0 Å². The molecule has 0 radical (unpaired) electrons. The van der Waals surface area contributed by atoms with E-state index in [0.29, 0.717) is 5.78 Å². The highest BCUT2D eigenvalue weighted by atomic mass is 16.1. The molecule has 1 aliphatic rings. The molecule has 0 aromatic rings. The van der Waals surface area contributed by atoms with Crippen molar-refractivity contribution >= 4 is 5.78 Å². The molecule has 0 aromatic heterocycles. The maximum Gasteiger partial charge on any atom is 0.140 e. The molecule has 0 saturated carbocycles. The molecule has 0 aliphatic carbocycles. The largest absolute Gasteiger partial charge is 0.316 e. The summed E-state index contributed by atoms with van der Waals surface area (Å²) in [7, 11) is 0. The van der Waals surface area contributed by atoms with Crippen molar-refractivity contribution in [3.05, 3.63) is 0 Å². The first-order valence-corrected chi connectivity index (χ1v) is 8.49. The molecule has 0 spiro atoms. The van der Waals surface area contributed by atoms with Crippen molar-refractivity contribution in [1.29, 1.82) is 0 Å². The lowest BCUT2D eigenvalue weighted by Gasteiger charge is -2.24. The van der Waals surface area contributed by atoms with Gasteiger partial charge in [-0.1, -0.05) is 58.8 Å². The Balaban J connectivity index is 2.04. The van der Waals surface area contributed by atoms with Crippen LogP contribution in [0.4, 0.5) is 0 Å². The van der Waals surface area contributed by atoms with Crippen molar-refractivity contribution in [2.45, 2.75) is 84.5 Å². The first-order valence-electron chi connectivity index (χ1n) is 8.49. The lowest BCUT2D eigenvalue weighted by Crippen LogP contribution is -2.32. The minimum atomic E-state index is -0.0128. The molecule has 1 rings (SSSR count). The van der Waals surface area contributed by atoms with Gasteiger partial charge in [0.05, 0.1) is 0 Å². The number of carbonyl (C=O) groups is 1. The van der Waals surface area contributed by atoms with Crippen molar-refractivity contribution in [1.82, 2.24) is 5.32 Å². The molecule has 1 fully saturated rings. The zero-order valence-electron chi connectivity index (χ0n) is 13.1. The molecule has 0 bridgehead atoms. The molecular weight excluding hydrogens is 234 g/mol. The van der Waals surface area contributed by atoms with E-state index in [2.05, 4.69) is 19.2 Å². The second-order valence-electron chi connectivity index (χ2n) is 6.21. The Hall–Kier alpha value is -0.370. The summed E-state index contributed by atoms with van der Waals surface area (Å²) in [6.07, 6.45) is 13.4. The van der Waals surface area contributed by atoms with Gasteiger partial charge in [0.2, 0.25) is 0 Å². The van der Waals surface area contributed by atoms with Gasteiger partial charge in [0.1, 0.15) is 5.78 Å². The van der Waals surface area contributed by atoms with Gasteiger partial charge in [0, 0.05) is 18.4 Å². The first-order chi connectivity index (χ1) is 9.25. The number of carbonyl (C=O) groups excluding carboxylic acids is 1. The Kier molecular flexibility index (Phi) is 8.36. The fourth-order valence-electron chi connectivity index (χ4n) is 3.17. The maximum absolute atomic E-state index is 12.3. The van der Waals surface area contributed by atoms with Crippen LogP contribution in [-0.4, -0.2) is 18.9 Å². The number of ketones is 1. The molecule has 1 unspecified atom stereocenters. The molecule has 1 saturated heterocycles. The summed E-state index contributed by atoms with van der Waals surface area (Å²) in [6.45, 7) is 6.36. The monoisotopic (exact) mass is 267 g/mol. The Morgan fingerprint density at radius 1 is 1.00 bits per heavy atom. The van der Waals surface area contributed by atoms with Crippen LogP contribution in [0.15, 0.2) is 0 Å². The van der Waals surface area contributed by atoms with Gasteiger partial charge in [-0.25, -0.2) is 0 Å².